The summed E-state index contributed by atoms with van der Waals surface area (Å²) in [6, 6.07) is 9.31. The Labute approximate surface area is 160 Å². The van der Waals surface area contributed by atoms with Crippen LogP contribution in [-0.2, 0) is 20.8 Å². The Morgan fingerprint density at radius 3 is 2.48 bits per heavy atom. The van der Waals surface area contributed by atoms with Gasteiger partial charge in [0, 0.05) is 12.6 Å². The van der Waals surface area contributed by atoms with E-state index in [9.17, 15) is 9.59 Å². The van der Waals surface area contributed by atoms with Crippen LogP contribution in [0.15, 0.2) is 30.3 Å². The van der Waals surface area contributed by atoms with Crippen LogP contribution in [0.2, 0.25) is 0 Å². The third kappa shape index (κ3) is 8.77. The molecule has 2 rings (SSSR count). The van der Waals surface area contributed by atoms with Crippen molar-refractivity contribution < 1.29 is 23.8 Å². The van der Waals surface area contributed by atoms with Crippen molar-refractivity contribution in [2.45, 2.75) is 58.5 Å². The molecule has 0 bridgehead atoms. The lowest BCUT2D eigenvalue weighted by molar-refractivity contribution is 0.0488. The number of rotatable bonds is 8. The average molecular weight is 378 g/mol. The number of carbonyl (C=O) groups is 2. The van der Waals surface area contributed by atoms with E-state index >= 15 is 0 Å². The molecule has 1 saturated heterocycles. The number of hydrogen-bond acceptors (Lipinski definition) is 5. The van der Waals surface area contributed by atoms with Gasteiger partial charge in [0.2, 0.25) is 0 Å². The van der Waals surface area contributed by atoms with E-state index in [-0.39, 0.29) is 24.7 Å². The van der Waals surface area contributed by atoms with Gasteiger partial charge in [-0.05, 0) is 45.6 Å². The summed E-state index contributed by atoms with van der Waals surface area (Å²) in [6.07, 6.45) is -0.0240. The van der Waals surface area contributed by atoms with Gasteiger partial charge in [-0.1, -0.05) is 30.3 Å². The number of carbonyl (C=O) groups excluding carboxylic acids is 2. The molecule has 0 spiro atoms. The summed E-state index contributed by atoms with van der Waals surface area (Å²) in [4.78, 5) is 24.0. The monoisotopic (exact) mass is 378 g/mol. The van der Waals surface area contributed by atoms with Crippen molar-refractivity contribution in [3.05, 3.63) is 35.9 Å². The van der Waals surface area contributed by atoms with Gasteiger partial charge in [-0.15, -0.1) is 0 Å². The third-order valence-corrected chi connectivity index (χ3v) is 4.14. The number of nitrogens with one attached hydrogen (secondary N) is 2. The van der Waals surface area contributed by atoms with Crippen LogP contribution >= 0.6 is 0 Å². The van der Waals surface area contributed by atoms with Gasteiger partial charge in [0.05, 0.1) is 12.7 Å². The van der Waals surface area contributed by atoms with Gasteiger partial charge in [0.15, 0.2) is 0 Å². The van der Waals surface area contributed by atoms with Crippen LogP contribution in [0.25, 0.3) is 0 Å². The van der Waals surface area contributed by atoms with E-state index in [0.29, 0.717) is 13.2 Å². The van der Waals surface area contributed by atoms with Gasteiger partial charge < -0.3 is 24.8 Å². The molecule has 27 heavy (non-hydrogen) atoms. The Hall–Kier alpha value is -2.28. The Kier molecular flexibility index (Phi) is 7.47. The third-order valence-electron chi connectivity index (χ3n) is 4.14. The van der Waals surface area contributed by atoms with Gasteiger partial charge in [-0.3, -0.25) is 0 Å². The first kappa shape index (κ1) is 21.0. The summed E-state index contributed by atoms with van der Waals surface area (Å²) in [7, 11) is 0. The molecular weight excluding hydrogens is 348 g/mol. The second-order valence-corrected chi connectivity index (χ2v) is 7.83. The zero-order valence-corrected chi connectivity index (χ0v) is 16.5. The number of amides is 2. The molecule has 1 heterocycles. The lowest BCUT2D eigenvalue weighted by Crippen LogP contribution is -2.45. The number of ether oxygens (including phenoxy) is 3. The quantitative estimate of drug-likeness (QED) is 0.678. The van der Waals surface area contributed by atoms with E-state index in [0.717, 1.165) is 12.0 Å². The maximum absolute atomic E-state index is 12.0. The smallest absolute Gasteiger partial charge is 0.407 e. The van der Waals surface area contributed by atoms with Crippen molar-refractivity contribution in [2.24, 2.45) is 5.92 Å². The van der Waals surface area contributed by atoms with Gasteiger partial charge in [0.1, 0.15) is 12.2 Å². The Morgan fingerprint density at radius 2 is 1.89 bits per heavy atom. The maximum Gasteiger partial charge on any atom is 0.407 e. The van der Waals surface area contributed by atoms with E-state index in [2.05, 4.69) is 10.6 Å². The zero-order chi connectivity index (χ0) is 19.9. The van der Waals surface area contributed by atoms with Crippen LogP contribution in [0.3, 0.4) is 0 Å². The zero-order valence-electron chi connectivity index (χ0n) is 16.5. The Bertz CT molecular complexity index is 611. The first-order chi connectivity index (χ1) is 12.7. The fraction of sp³-hybridized carbons (Fsp3) is 0.600. The van der Waals surface area contributed by atoms with Crippen LogP contribution in [0.5, 0.6) is 0 Å². The SMILES string of the molecule is C[C@@H](NC(=O)OC(C)(C)C)[C@H](CNC(=O)OCc1ccccc1)CC1CO1. The van der Waals surface area contributed by atoms with Crippen molar-refractivity contribution in [3.8, 4) is 0 Å². The normalized spacial score (nSPS) is 18.1. The Balaban J connectivity index is 1.78. The highest BCUT2D eigenvalue weighted by Gasteiger charge is 2.31. The van der Waals surface area contributed by atoms with E-state index in [1.165, 1.54) is 0 Å². The minimum absolute atomic E-state index is 0.00861. The molecule has 0 saturated carbocycles. The molecule has 0 aromatic heterocycles. The summed E-state index contributed by atoms with van der Waals surface area (Å²) >= 11 is 0. The lowest BCUT2D eigenvalue weighted by atomic mass is 9.95. The van der Waals surface area contributed by atoms with Gasteiger partial charge >= 0.3 is 12.2 Å². The van der Waals surface area contributed by atoms with Crippen molar-refractivity contribution in [1.82, 2.24) is 10.6 Å². The van der Waals surface area contributed by atoms with Crippen LogP contribution < -0.4 is 10.6 Å². The summed E-state index contributed by atoms with van der Waals surface area (Å²) in [6.45, 7) is 8.66. The fourth-order valence-electron chi connectivity index (χ4n) is 2.61. The lowest BCUT2D eigenvalue weighted by Gasteiger charge is -2.27. The largest absolute Gasteiger partial charge is 0.445 e. The molecule has 2 N–H and O–H groups in total. The van der Waals surface area contributed by atoms with E-state index in [1.54, 1.807) is 0 Å². The first-order valence-corrected chi connectivity index (χ1v) is 9.28. The molecule has 1 unspecified atom stereocenters. The second kappa shape index (κ2) is 9.60. The molecule has 150 valence electrons. The van der Waals surface area contributed by atoms with Gasteiger partial charge in [-0.25, -0.2) is 9.59 Å². The summed E-state index contributed by atoms with van der Waals surface area (Å²) in [5.74, 6) is 0.00861. The first-order valence-electron chi connectivity index (χ1n) is 9.28. The number of alkyl carbamates (subject to hydrolysis) is 2. The molecule has 7 nitrogen and oxygen atoms in total. The standard InChI is InChI=1S/C20H30N2O5/c1-14(22-19(24)27-20(2,3)4)16(10-17-13-25-17)11-21-18(23)26-12-15-8-6-5-7-9-15/h5-9,14,16-17H,10-13H2,1-4H3,(H,21,23)(H,22,24)/t14-,16+,17?/m1/s1. The predicted molar refractivity (Wildman–Crippen MR) is 101 cm³/mol. The van der Waals surface area contributed by atoms with Crippen molar-refractivity contribution in [3.63, 3.8) is 0 Å². The highest BCUT2D eigenvalue weighted by atomic mass is 16.6. The van der Waals surface area contributed by atoms with E-state index in [4.69, 9.17) is 14.2 Å². The minimum Gasteiger partial charge on any atom is -0.445 e. The van der Waals surface area contributed by atoms with Crippen molar-refractivity contribution in [1.29, 1.82) is 0 Å². The van der Waals surface area contributed by atoms with Crippen molar-refractivity contribution >= 4 is 12.2 Å². The molecule has 3 atom stereocenters. The van der Waals surface area contributed by atoms with Crippen molar-refractivity contribution in [2.75, 3.05) is 13.2 Å². The Morgan fingerprint density at radius 1 is 1.22 bits per heavy atom. The maximum atomic E-state index is 12.0. The highest BCUT2D eigenvalue weighted by molar-refractivity contribution is 5.68. The minimum atomic E-state index is -0.557. The van der Waals surface area contributed by atoms with Crippen LogP contribution in [0, 0.1) is 5.92 Å². The van der Waals surface area contributed by atoms with Gasteiger partial charge in [-0.2, -0.15) is 0 Å². The van der Waals surface area contributed by atoms with Gasteiger partial charge in [0.25, 0.3) is 0 Å². The molecule has 1 aliphatic rings. The average Bonchev–Trinajstić information content (AvgIpc) is 3.39. The summed E-state index contributed by atoms with van der Waals surface area (Å²) in [5.41, 5.74) is 0.369. The number of epoxide rings is 1. The molecule has 0 radical (unpaired) electrons. The molecule has 7 heteroatoms. The topological polar surface area (TPSA) is 89.2 Å². The van der Waals surface area contributed by atoms with Crippen LogP contribution in [0.1, 0.15) is 39.7 Å². The molecule has 2 amide bonds. The second-order valence-electron chi connectivity index (χ2n) is 7.83. The molecule has 1 aromatic rings. The van der Waals surface area contributed by atoms with Crippen LogP contribution in [0.4, 0.5) is 9.59 Å². The number of benzene rings is 1. The summed E-state index contributed by atoms with van der Waals surface area (Å²) < 4.78 is 15.8. The van der Waals surface area contributed by atoms with E-state index in [1.807, 2.05) is 58.0 Å². The molecule has 1 fully saturated rings. The highest BCUT2D eigenvalue weighted by Crippen LogP contribution is 2.22. The fourth-order valence-corrected chi connectivity index (χ4v) is 2.61. The molecular formula is C20H30N2O5. The van der Waals surface area contributed by atoms with Crippen LogP contribution in [-0.4, -0.2) is 43.1 Å². The molecule has 1 aromatic carbocycles. The predicted octanol–water partition coefficient (Wildman–Crippen LogP) is 3.23. The summed E-state index contributed by atoms with van der Waals surface area (Å²) in [5, 5.41) is 5.62. The number of hydrogen-bond donors (Lipinski definition) is 2. The van der Waals surface area contributed by atoms with E-state index < -0.39 is 17.8 Å². The molecule has 1 aliphatic heterocycles. The molecule has 0 aliphatic carbocycles.